The van der Waals surface area contributed by atoms with Crippen LogP contribution in [0.4, 0.5) is 0 Å². The molecule has 1 N–H and O–H groups in total. The van der Waals surface area contributed by atoms with Crippen LogP contribution in [0.2, 0.25) is 10.0 Å². The molecule has 3 rings (SSSR count). The van der Waals surface area contributed by atoms with E-state index < -0.39 is 6.04 Å². The molecule has 2 aromatic rings. The molecule has 0 heterocycles. The maximum atomic E-state index is 13.5. The number of nitrogens with zero attached hydrogens (tertiary/aromatic N) is 1. The van der Waals surface area contributed by atoms with Gasteiger partial charge in [-0.3, -0.25) is 9.59 Å². The van der Waals surface area contributed by atoms with E-state index in [9.17, 15) is 9.59 Å². The number of amides is 2. The third-order valence-corrected chi connectivity index (χ3v) is 7.99. The lowest BCUT2D eigenvalue weighted by Gasteiger charge is -2.33. The summed E-state index contributed by atoms with van der Waals surface area (Å²) < 4.78 is 0. The zero-order valence-corrected chi connectivity index (χ0v) is 22.3. The van der Waals surface area contributed by atoms with Crippen LogP contribution >= 0.6 is 35.0 Å². The van der Waals surface area contributed by atoms with E-state index in [-0.39, 0.29) is 24.4 Å². The maximum Gasteiger partial charge on any atom is 0.243 e. The average molecular weight is 522 g/mol. The van der Waals surface area contributed by atoms with Crippen LogP contribution in [0.25, 0.3) is 0 Å². The third-order valence-electron chi connectivity index (χ3n) is 6.44. The fraction of sp³-hybridized carbons (Fsp3) is 0.481. The van der Waals surface area contributed by atoms with Gasteiger partial charge in [-0.2, -0.15) is 0 Å². The summed E-state index contributed by atoms with van der Waals surface area (Å²) in [5.41, 5.74) is 3.22. The molecule has 0 aromatic heterocycles. The molecule has 1 fully saturated rings. The molecule has 184 valence electrons. The molecular formula is C27H34Cl2N2O2S. The first-order chi connectivity index (χ1) is 16.4. The van der Waals surface area contributed by atoms with Crippen LogP contribution in [0.5, 0.6) is 0 Å². The highest BCUT2D eigenvalue weighted by Gasteiger charge is 2.30. The van der Waals surface area contributed by atoms with Crippen molar-refractivity contribution in [2.45, 2.75) is 76.8 Å². The summed E-state index contributed by atoms with van der Waals surface area (Å²) >= 11 is 14.1. The Kier molecular flexibility index (Phi) is 10.6. The number of nitrogens with one attached hydrogen (secondary N) is 1. The molecule has 1 atom stereocenters. The summed E-state index contributed by atoms with van der Waals surface area (Å²) in [5, 5.41) is 4.25. The first kappa shape index (κ1) is 26.9. The molecular weight excluding hydrogens is 487 g/mol. The summed E-state index contributed by atoms with van der Waals surface area (Å²) in [5.74, 6) is 0.915. The second kappa shape index (κ2) is 13.4. The minimum atomic E-state index is -0.541. The SMILES string of the molecule is CCC(C(=O)NC1CCCCC1)N(Cc1ccc(Cl)cc1Cl)C(=O)CSCc1ccccc1C. The van der Waals surface area contributed by atoms with Crippen molar-refractivity contribution in [3.05, 3.63) is 69.2 Å². The molecule has 0 spiro atoms. The molecule has 0 radical (unpaired) electrons. The van der Waals surface area contributed by atoms with Crippen LogP contribution < -0.4 is 5.32 Å². The summed E-state index contributed by atoms with van der Waals surface area (Å²) in [6.07, 6.45) is 6.05. The van der Waals surface area contributed by atoms with Crippen LogP contribution in [-0.4, -0.2) is 34.6 Å². The molecule has 1 aliphatic rings. The van der Waals surface area contributed by atoms with Crippen molar-refractivity contribution in [3.63, 3.8) is 0 Å². The van der Waals surface area contributed by atoms with Gasteiger partial charge in [0.05, 0.1) is 5.75 Å². The average Bonchev–Trinajstić information content (AvgIpc) is 2.82. The van der Waals surface area contributed by atoms with Gasteiger partial charge in [0, 0.05) is 28.4 Å². The highest BCUT2D eigenvalue weighted by atomic mass is 35.5. The Labute approximate surface area is 217 Å². The van der Waals surface area contributed by atoms with Gasteiger partial charge in [0.15, 0.2) is 0 Å². The van der Waals surface area contributed by atoms with Crippen molar-refractivity contribution in [1.29, 1.82) is 0 Å². The molecule has 2 aromatic carbocycles. The normalized spacial score (nSPS) is 15.1. The van der Waals surface area contributed by atoms with Gasteiger partial charge in [-0.1, -0.05) is 79.7 Å². The number of benzene rings is 2. The molecule has 0 bridgehead atoms. The first-order valence-corrected chi connectivity index (χ1v) is 14.0. The van der Waals surface area contributed by atoms with E-state index in [1.165, 1.54) is 17.5 Å². The van der Waals surface area contributed by atoms with E-state index in [0.29, 0.717) is 22.2 Å². The Morgan fingerprint density at radius 1 is 1.09 bits per heavy atom. The minimum absolute atomic E-state index is 0.0600. The van der Waals surface area contributed by atoms with Crippen molar-refractivity contribution in [2.75, 3.05) is 5.75 Å². The predicted molar refractivity (Wildman–Crippen MR) is 143 cm³/mol. The number of aryl methyl sites for hydroxylation is 1. The van der Waals surface area contributed by atoms with E-state index in [1.54, 1.807) is 28.8 Å². The van der Waals surface area contributed by atoms with E-state index in [2.05, 4.69) is 24.4 Å². The Morgan fingerprint density at radius 2 is 1.82 bits per heavy atom. The lowest BCUT2D eigenvalue weighted by Crippen LogP contribution is -2.52. The highest BCUT2D eigenvalue weighted by Crippen LogP contribution is 2.25. The number of carbonyl (C=O) groups is 2. The van der Waals surface area contributed by atoms with Gasteiger partial charge in [-0.15, -0.1) is 11.8 Å². The highest BCUT2D eigenvalue weighted by molar-refractivity contribution is 7.99. The molecule has 1 aliphatic carbocycles. The van der Waals surface area contributed by atoms with Crippen LogP contribution in [-0.2, 0) is 21.9 Å². The molecule has 7 heteroatoms. The lowest BCUT2D eigenvalue weighted by molar-refractivity contribution is -0.139. The second-order valence-corrected chi connectivity index (χ2v) is 10.8. The Hall–Kier alpha value is -1.69. The zero-order chi connectivity index (χ0) is 24.5. The number of thioether (sulfide) groups is 1. The van der Waals surface area contributed by atoms with Gasteiger partial charge in [0.1, 0.15) is 6.04 Å². The smallest absolute Gasteiger partial charge is 0.243 e. The van der Waals surface area contributed by atoms with Crippen molar-refractivity contribution in [2.24, 2.45) is 0 Å². The van der Waals surface area contributed by atoms with Crippen molar-refractivity contribution in [1.82, 2.24) is 10.2 Å². The molecule has 2 amide bonds. The number of hydrogen-bond acceptors (Lipinski definition) is 3. The zero-order valence-electron chi connectivity index (χ0n) is 20.0. The number of halogens is 2. The maximum absolute atomic E-state index is 13.5. The van der Waals surface area contributed by atoms with Gasteiger partial charge < -0.3 is 10.2 Å². The van der Waals surface area contributed by atoms with Crippen LogP contribution in [0, 0.1) is 6.92 Å². The van der Waals surface area contributed by atoms with Crippen LogP contribution in [0.1, 0.15) is 62.1 Å². The molecule has 4 nitrogen and oxygen atoms in total. The van der Waals surface area contributed by atoms with Gasteiger partial charge in [0.2, 0.25) is 11.8 Å². The van der Waals surface area contributed by atoms with Crippen molar-refractivity contribution in [3.8, 4) is 0 Å². The van der Waals surface area contributed by atoms with Gasteiger partial charge in [-0.25, -0.2) is 0 Å². The summed E-state index contributed by atoms with van der Waals surface area (Å²) in [7, 11) is 0. The molecule has 0 saturated heterocycles. The van der Waals surface area contributed by atoms with E-state index >= 15 is 0 Å². The summed E-state index contributed by atoms with van der Waals surface area (Å²) in [6.45, 7) is 4.31. The van der Waals surface area contributed by atoms with Crippen LogP contribution in [0.3, 0.4) is 0 Å². The topological polar surface area (TPSA) is 49.4 Å². The summed E-state index contributed by atoms with van der Waals surface area (Å²) in [4.78, 5) is 28.4. The molecule has 0 aliphatic heterocycles. The minimum Gasteiger partial charge on any atom is -0.352 e. The summed E-state index contributed by atoms with van der Waals surface area (Å²) in [6, 6.07) is 13.1. The lowest BCUT2D eigenvalue weighted by atomic mass is 9.95. The Balaban J connectivity index is 1.74. The van der Waals surface area contributed by atoms with E-state index in [1.807, 2.05) is 25.1 Å². The van der Waals surface area contributed by atoms with Gasteiger partial charge >= 0.3 is 0 Å². The second-order valence-electron chi connectivity index (χ2n) is 8.94. The predicted octanol–water partition coefficient (Wildman–Crippen LogP) is 6.79. The number of rotatable bonds is 10. The Morgan fingerprint density at radius 3 is 2.50 bits per heavy atom. The monoisotopic (exact) mass is 520 g/mol. The number of carbonyl (C=O) groups excluding carboxylic acids is 2. The Bertz CT molecular complexity index is 979. The molecule has 1 saturated carbocycles. The fourth-order valence-corrected chi connectivity index (χ4v) is 5.86. The van der Waals surface area contributed by atoms with Gasteiger partial charge in [0.25, 0.3) is 0 Å². The molecule has 1 unspecified atom stereocenters. The first-order valence-electron chi connectivity index (χ1n) is 12.0. The van der Waals surface area contributed by atoms with Crippen molar-refractivity contribution >= 4 is 46.8 Å². The van der Waals surface area contributed by atoms with E-state index in [4.69, 9.17) is 23.2 Å². The van der Waals surface area contributed by atoms with Crippen LogP contribution in [0.15, 0.2) is 42.5 Å². The quantitative estimate of drug-likeness (QED) is 0.375. The van der Waals surface area contributed by atoms with E-state index in [0.717, 1.165) is 37.0 Å². The fourth-order valence-electron chi connectivity index (χ4n) is 4.40. The standard InChI is InChI=1S/C27H34Cl2N2O2S/c1-3-25(27(33)30-23-11-5-4-6-12-23)31(16-20-13-14-22(28)15-24(20)29)26(32)18-34-17-21-10-8-7-9-19(21)2/h7-10,13-15,23,25H,3-6,11-12,16-18H2,1-2H3,(H,30,33). The molecule has 34 heavy (non-hydrogen) atoms. The third kappa shape index (κ3) is 7.66. The number of hydrogen-bond donors (Lipinski definition) is 1. The van der Waals surface area contributed by atoms with Gasteiger partial charge in [-0.05, 0) is 55.0 Å². The largest absolute Gasteiger partial charge is 0.352 e. The van der Waals surface area contributed by atoms with Crippen molar-refractivity contribution < 1.29 is 9.59 Å².